The summed E-state index contributed by atoms with van der Waals surface area (Å²) in [6, 6.07) is 10.2. The highest BCUT2D eigenvalue weighted by atomic mass is 79.9. The fourth-order valence-electron chi connectivity index (χ4n) is 1.69. The van der Waals surface area contributed by atoms with E-state index in [2.05, 4.69) is 21.2 Å². The van der Waals surface area contributed by atoms with Crippen LogP contribution in [0.3, 0.4) is 0 Å². The van der Waals surface area contributed by atoms with Crippen molar-refractivity contribution in [2.45, 2.75) is 6.92 Å². The summed E-state index contributed by atoms with van der Waals surface area (Å²) in [6.45, 7) is 1.96. The molecular formula is C14H12BrFN2S. The highest BCUT2D eigenvalue weighted by Gasteiger charge is 2.05. The zero-order chi connectivity index (χ0) is 14.0. The SMILES string of the molecule is Cc1cc(C(N)=S)ccc1Nc1ccc(F)cc1Br. The van der Waals surface area contributed by atoms with Gasteiger partial charge < -0.3 is 11.1 Å². The zero-order valence-corrected chi connectivity index (χ0v) is 12.6. The molecule has 19 heavy (non-hydrogen) atoms. The maximum absolute atomic E-state index is 13.0. The number of nitrogens with one attached hydrogen (secondary N) is 1. The van der Waals surface area contributed by atoms with Crippen LogP contribution >= 0.6 is 28.1 Å². The molecule has 0 amide bonds. The predicted octanol–water partition coefficient (Wildman–Crippen LogP) is 4.27. The van der Waals surface area contributed by atoms with Crippen molar-refractivity contribution in [1.82, 2.24) is 0 Å². The first-order valence-corrected chi connectivity index (χ1v) is 6.80. The molecule has 2 aromatic rings. The average Bonchev–Trinajstić information content (AvgIpc) is 2.34. The molecular weight excluding hydrogens is 327 g/mol. The lowest BCUT2D eigenvalue weighted by molar-refractivity contribution is 0.627. The van der Waals surface area contributed by atoms with Crippen molar-refractivity contribution in [3.63, 3.8) is 0 Å². The largest absolute Gasteiger partial charge is 0.389 e. The van der Waals surface area contributed by atoms with Crippen LogP contribution in [0.1, 0.15) is 11.1 Å². The van der Waals surface area contributed by atoms with Gasteiger partial charge in [-0.25, -0.2) is 4.39 Å². The summed E-state index contributed by atoms with van der Waals surface area (Å²) in [5, 5.41) is 3.24. The molecule has 0 aliphatic carbocycles. The Kier molecular flexibility index (Phi) is 4.17. The van der Waals surface area contributed by atoms with Crippen molar-refractivity contribution in [3.05, 3.63) is 57.8 Å². The Hall–Kier alpha value is -1.46. The van der Waals surface area contributed by atoms with Gasteiger partial charge in [0.15, 0.2) is 0 Å². The minimum Gasteiger partial charge on any atom is -0.389 e. The molecule has 5 heteroatoms. The van der Waals surface area contributed by atoms with Gasteiger partial charge in [0.1, 0.15) is 10.8 Å². The average molecular weight is 339 g/mol. The topological polar surface area (TPSA) is 38.0 Å². The summed E-state index contributed by atoms with van der Waals surface area (Å²) in [7, 11) is 0. The number of nitrogens with two attached hydrogens (primary N) is 1. The van der Waals surface area contributed by atoms with E-state index in [0.717, 1.165) is 22.5 Å². The summed E-state index contributed by atoms with van der Waals surface area (Å²) >= 11 is 8.26. The van der Waals surface area contributed by atoms with Crippen LogP contribution in [0.5, 0.6) is 0 Å². The smallest absolute Gasteiger partial charge is 0.124 e. The Labute approximate surface area is 124 Å². The van der Waals surface area contributed by atoms with Crippen molar-refractivity contribution < 1.29 is 4.39 Å². The molecule has 0 aliphatic rings. The molecule has 0 unspecified atom stereocenters. The van der Waals surface area contributed by atoms with Gasteiger partial charge in [-0.3, -0.25) is 0 Å². The standard InChI is InChI=1S/C14H12BrFN2S/c1-8-6-9(14(17)19)2-4-12(8)18-13-5-3-10(16)7-11(13)15/h2-7,18H,1H3,(H2,17,19). The van der Waals surface area contributed by atoms with E-state index in [1.807, 2.05) is 25.1 Å². The minimum absolute atomic E-state index is 0.280. The van der Waals surface area contributed by atoms with Crippen LogP contribution in [-0.2, 0) is 0 Å². The third kappa shape index (κ3) is 3.30. The Morgan fingerprint density at radius 2 is 1.89 bits per heavy atom. The maximum atomic E-state index is 13.0. The quantitative estimate of drug-likeness (QED) is 0.820. The predicted molar refractivity (Wildman–Crippen MR) is 84.4 cm³/mol. The number of rotatable bonds is 3. The van der Waals surface area contributed by atoms with Crippen molar-refractivity contribution in [3.8, 4) is 0 Å². The molecule has 0 aromatic heterocycles. The van der Waals surface area contributed by atoms with Gasteiger partial charge in [-0.2, -0.15) is 0 Å². The lowest BCUT2D eigenvalue weighted by Crippen LogP contribution is -2.09. The fourth-order valence-corrected chi connectivity index (χ4v) is 2.27. The Bertz CT molecular complexity index is 643. The lowest BCUT2D eigenvalue weighted by Gasteiger charge is -2.12. The van der Waals surface area contributed by atoms with Crippen LogP contribution in [0, 0.1) is 12.7 Å². The third-order valence-corrected chi connectivity index (χ3v) is 3.60. The van der Waals surface area contributed by atoms with Crippen LogP contribution < -0.4 is 11.1 Å². The minimum atomic E-state index is -0.280. The zero-order valence-electron chi connectivity index (χ0n) is 10.2. The molecule has 0 aliphatic heterocycles. The first-order chi connectivity index (χ1) is 8.97. The fraction of sp³-hybridized carbons (Fsp3) is 0.0714. The monoisotopic (exact) mass is 338 g/mol. The molecule has 2 aromatic carbocycles. The summed E-state index contributed by atoms with van der Waals surface area (Å²) in [5.41, 5.74) is 9.16. The Morgan fingerprint density at radius 3 is 2.47 bits per heavy atom. The van der Waals surface area contributed by atoms with Crippen molar-refractivity contribution >= 4 is 44.5 Å². The van der Waals surface area contributed by atoms with Gasteiger partial charge in [-0.1, -0.05) is 12.2 Å². The number of hydrogen-bond acceptors (Lipinski definition) is 2. The van der Waals surface area contributed by atoms with Gasteiger partial charge in [0.05, 0.1) is 5.69 Å². The summed E-state index contributed by atoms with van der Waals surface area (Å²) in [5.74, 6) is -0.280. The number of hydrogen-bond donors (Lipinski definition) is 2. The van der Waals surface area contributed by atoms with E-state index in [4.69, 9.17) is 18.0 Å². The summed E-state index contributed by atoms with van der Waals surface area (Å²) in [6.07, 6.45) is 0. The van der Waals surface area contributed by atoms with Crippen molar-refractivity contribution in [1.29, 1.82) is 0 Å². The van der Waals surface area contributed by atoms with Gasteiger partial charge in [0.2, 0.25) is 0 Å². The van der Waals surface area contributed by atoms with Crippen LogP contribution in [-0.4, -0.2) is 4.99 Å². The number of thiocarbonyl (C=S) groups is 1. The summed E-state index contributed by atoms with van der Waals surface area (Å²) < 4.78 is 13.7. The van der Waals surface area contributed by atoms with E-state index in [1.165, 1.54) is 12.1 Å². The molecule has 0 spiro atoms. The Morgan fingerprint density at radius 1 is 1.21 bits per heavy atom. The van der Waals surface area contributed by atoms with Gasteiger partial charge in [-0.15, -0.1) is 0 Å². The van der Waals surface area contributed by atoms with E-state index in [9.17, 15) is 4.39 Å². The first-order valence-electron chi connectivity index (χ1n) is 5.60. The molecule has 98 valence electrons. The molecule has 3 N–H and O–H groups in total. The molecule has 0 saturated heterocycles. The second-order valence-electron chi connectivity index (χ2n) is 4.14. The second kappa shape index (κ2) is 5.67. The third-order valence-electron chi connectivity index (χ3n) is 2.71. The van der Waals surface area contributed by atoms with E-state index < -0.39 is 0 Å². The lowest BCUT2D eigenvalue weighted by atomic mass is 10.1. The van der Waals surface area contributed by atoms with E-state index >= 15 is 0 Å². The molecule has 0 fully saturated rings. The highest BCUT2D eigenvalue weighted by molar-refractivity contribution is 9.10. The van der Waals surface area contributed by atoms with Crippen LogP contribution in [0.2, 0.25) is 0 Å². The van der Waals surface area contributed by atoms with Crippen molar-refractivity contribution in [2.75, 3.05) is 5.32 Å². The number of aryl methyl sites for hydroxylation is 1. The van der Waals surface area contributed by atoms with Crippen LogP contribution in [0.15, 0.2) is 40.9 Å². The molecule has 0 radical (unpaired) electrons. The molecule has 2 rings (SSSR count). The van der Waals surface area contributed by atoms with E-state index in [1.54, 1.807) is 6.07 Å². The molecule has 0 bridgehead atoms. The summed E-state index contributed by atoms with van der Waals surface area (Å²) in [4.78, 5) is 0.373. The highest BCUT2D eigenvalue weighted by Crippen LogP contribution is 2.28. The van der Waals surface area contributed by atoms with E-state index in [0.29, 0.717) is 9.46 Å². The first kappa shape index (κ1) is 14.0. The molecule has 2 nitrogen and oxygen atoms in total. The molecule has 0 heterocycles. The molecule has 0 saturated carbocycles. The van der Waals surface area contributed by atoms with Crippen LogP contribution in [0.25, 0.3) is 0 Å². The van der Waals surface area contributed by atoms with E-state index in [-0.39, 0.29) is 5.82 Å². The van der Waals surface area contributed by atoms with Crippen LogP contribution in [0.4, 0.5) is 15.8 Å². The van der Waals surface area contributed by atoms with Gasteiger partial charge >= 0.3 is 0 Å². The van der Waals surface area contributed by atoms with Gasteiger partial charge in [0, 0.05) is 15.7 Å². The van der Waals surface area contributed by atoms with Crippen molar-refractivity contribution in [2.24, 2.45) is 5.73 Å². The maximum Gasteiger partial charge on any atom is 0.124 e. The van der Waals surface area contributed by atoms with Gasteiger partial charge in [0.25, 0.3) is 0 Å². The second-order valence-corrected chi connectivity index (χ2v) is 5.44. The number of benzene rings is 2. The molecule has 0 atom stereocenters. The number of anilines is 2. The van der Waals surface area contributed by atoms with Gasteiger partial charge in [-0.05, 0) is 64.8 Å². The Balaban J connectivity index is 2.31. The normalized spacial score (nSPS) is 10.3. The number of halogens is 2.